The van der Waals surface area contributed by atoms with E-state index < -0.39 is 6.09 Å². The number of anilines is 1. The summed E-state index contributed by atoms with van der Waals surface area (Å²) in [7, 11) is 4.47. The lowest BCUT2D eigenvalue weighted by Crippen LogP contribution is -2.26. The van der Waals surface area contributed by atoms with Gasteiger partial charge in [0, 0.05) is 12.1 Å². The van der Waals surface area contributed by atoms with E-state index >= 15 is 0 Å². The number of amides is 1. The third-order valence-corrected chi connectivity index (χ3v) is 2.45. The minimum Gasteiger partial charge on any atom is -0.494 e. The molecule has 1 amide bonds. The Kier molecular flexibility index (Phi) is 4.01. The second-order valence-corrected chi connectivity index (χ2v) is 3.74. The van der Waals surface area contributed by atoms with Crippen LogP contribution in [0.3, 0.4) is 0 Å². The van der Waals surface area contributed by atoms with Gasteiger partial charge < -0.3 is 9.47 Å². The van der Waals surface area contributed by atoms with Crippen molar-refractivity contribution in [2.45, 2.75) is 6.92 Å². The molecule has 5 heteroatoms. The Morgan fingerprint density at radius 1 is 1.38 bits per heavy atom. The fraction of sp³-hybridized carbons (Fsp3) is 0.364. The lowest BCUT2D eigenvalue weighted by Gasteiger charge is -2.20. The Hall–Kier alpha value is -1.42. The maximum Gasteiger partial charge on any atom is 0.413 e. The fourth-order valence-electron chi connectivity index (χ4n) is 1.46. The molecule has 1 aromatic rings. The van der Waals surface area contributed by atoms with E-state index in [9.17, 15) is 4.79 Å². The van der Waals surface area contributed by atoms with E-state index in [4.69, 9.17) is 16.3 Å². The molecule has 0 aliphatic heterocycles. The number of nitrogens with zero attached hydrogens (tertiary/aromatic N) is 1. The smallest absolute Gasteiger partial charge is 0.413 e. The van der Waals surface area contributed by atoms with Crippen LogP contribution in [0.1, 0.15) is 5.56 Å². The number of halogens is 1. The summed E-state index contributed by atoms with van der Waals surface area (Å²) in [5.41, 5.74) is 1.44. The van der Waals surface area contributed by atoms with Gasteiger partial charge in [0.15, 0.2) is 0 Å². The number of carbonyl (C=O) groups is 1. The Bertz CT molecular complexity index is 406. The summed E-state index contributed by atoms with van der Waals surface area (Å²) >= 11 is 5.94. The Morgan fingerprint density at radius 3 is 2.50 bits per heavy atom. The molecule has 0 radical (unpaired) electrons. The van der Waals surface area contributed by atoms with Gasteiger partial charge in [-0.2, -0.15) is 0 Å². The van der Waals surface area contributed by atoms with Gasteiger partial charge in [-0.05, 0) is 24.6 Å². The summed E-state index contributed by atoms with van der Waals surface area (Å²) in [6.07, 6.45) is -0.472. The van der Waals surface area contributed by atoms with Gasteiger partial charge in [-0.25, -0.2) is 4.79 Å². The van der Waals surface area contributed by atoms with Crippen LogP contribution in [0.25, 0.3) is 0 Å². The van der Waals surface area contributed by atoms with Crippen LogP contribution in [0.15, 0.2) is 12.1 Å². The Labute approximate surface area is 99.7 Å². The molecule has 0 N–H and O–H groups in total. The van der Waals surface area contributed by atoms with Crippen molar-refractivity contribution in [1.29, 1.82) is 0 Å². The van der Waals surface area contributed by atoms with Crippen LogP contribution >= 0.6 is 11.6 Å². The number of rotatable bonds is 2. The molecular formula is C11H14ClNO3. The number of hydrogen-bond donors (Lipinski definition) is 0. The van der Waals surface area contributed by atoms with Crippen LogP contribution in [0.2, 0.25) is 5.02 Å². The monoisotopic (exact) mass is 243 g/mol. The molecule has 0 aliphatic rings. The van der Waals surface area contributed by atoms with Crippen LogP contribution < -0.4 is 9.64 Å². The highest BCUT2D eigenvalue weighted by molar-refractivity contribution is 6.31. The molecular weight excluding hydrogens is 230 g/mol. The van der Waals surface area contributed by atoms with Crippen LogP contribution in [0.5, 0.6) is 5.75 Å². The lowest BCUT2D eigenvalue weighted by molar-refractivity contribution is 0.180. The van der Waals surface area contributed by atoms with Crippen LogP contribution in [0.4, 0.5) is 10.5 Å². The maximum atomic E-state index is 11.4. The normalized spacial score (nSPS) is 9.81. The van der Waals surface area contributed by atoms with Crippen molar-refractivity contribution < 1.29 is 14.3 Å². The number of ether oxygens (including phenoxy) is 2. The molecule has 0 saturated heterocycles. The number of carbonyl (C=O) groups excluding carboxylic acids is 1. The van der Waals surface area contributed by atoms with E-state index in [-0.39, 0.29) is 0 Å². The van der Waals surface area contributed by atoms with E-state index in [2.05, 4.69) is 4.74 Å². The van der Waals surface area contributed by atoms with Gasteiger partial charge in [0.2, 0.25) is 0 Å². The van der Waals surface area contributed by atoms with Crippen molar-refractivity contribution in [2.75, 3.05) is 26.2 Å². The average molecular weight is 244 g/mol. The maximum absolute atomic E-state index is 11.4. The van der Waals surface area contributed by atoms with Gasteiger partial charge in [0.05, 0.1) is 19.9 Å². The summed E-state index contributed by atoms with van der Waals surface area (Å²) in [6, 6.07) is 3.43. The first-order valence-corrected chi connectivity index (χ1v) is 5.04. The molecule has 0 bridgehead atoms. The first-order chi connectivity index (χ1) is 7.51. The predicted octanol–water partition coefficient (Wildman–Crippen LogP) is 2.86. The second kappa shape index (κ2) is 5.07. The number of methoxy groups -OCH3 is 2. The van der Waals surface area contributed by atoms with E-state index in [1.165, 1.54) is 12.0 Å². The van der Waals surface area contributed by atoms with Crippen LogP contribution in [-0.4, -0.2) is 27.4 Å². The van der Waals surface area contributed by atoms with Crippen molar-refractivity contribution in [1.82, 2.24) is 0 Å². The van der Waals surface area contributed by atoms with Gasteiger partial charge in [0.1, 0.15) is 5.75 Å². The average Bonchev–Trinajstić information content (AvgIpc) is 2.26. The van der Waals surface area contributed by atoms with Gasteiger partial charge in [-0.3, -0.25) is 4.90 Å². The predicted molar refractivity (Wildman–Crippen MR) is 63.5 cm³/mol. The molecule has 0 unspecified atom stereocenters. The van der Waals surface area contributed by atoms with Crippen LogP contribution in [0, 0.1) is 6.92 Å². The molecule has 0 spiro atoms. The van der Waals surface area contributed by atoms with Crippen molar-refractivity contribution >= 4 is 23.4 Å². The highest BCUT2D eigenvalue weighted by Gasteiger charge is 2.17. The topological polar surface area (TPSA) is 38.8 Å². The molecule has 0 atom stereocenters. The van der Waals surface area contributed by atoms with Crippen molar-refractivity contribution in [3.8, 4) is 5.75 Å². The molecule has 1 rings (SSSR count). The van der Waals surface area contributed by atoms with Gasteiger partial charge in [0.25, 0.3) is 0 Å². The van der Waals surface area contributed by atoms with E-state index in [0.29, 0.717) is 16.5 Å². The van der Waals surface area contributed by atoms with Crippen molar-refractivity contribution in [2.24, 2.45) is 0 Å². The first kappa shape index (κ1) is 12.6. The highest BCUT2D eigenvalue weighted by Crippen LogP contribution is 2.34. The molecule has 16 heavy (non-hydrogen) atoms. The number of hydrogen-bond acceptors (Lipinski definition) is 3. The molecule has 0 fully saturated rings. The molecule has 88 valence electrons. The molecule has 0 aromatic heterocycles. The largest absolute Gasteiger partial charge is 0.494 e. The zero-order valence-electron chi connectivity index (χ0n) is 9.70. The third kappa shape index (κ3) is 2.39. The fourth-order valence-corrected chi connectivity index (χ4v) is 1.73. The van der Waals surface area contributed by atoms with Crippen molar-refractivity contribution in [3.05, 3.63) is 22.7 Å². The minimum atomic E-state index is -0.472. The zero-order chi connectivity index (χ0) is 12.3. The number of aryl methyl sites for hydroxylation is 1. The molecule has 0 heterocycles. The summed E-state index contributed by atoms with van der Waals surface area (Å²) in [5.74, 6) is 0.609. The lowest BCUT2D eigenvalue weighted by atomic mass is 10.2. The first-order valence-electron chi connectivity index (χ1n) is 4.67. The Morgan fingerprint density at radius 2 is 2.00 bits per heavy atom. The van der Waals surface area contributed by atoms with E-state index in [1.807, 2.05) is 6.92 Å². The molecule has 1 aromatic carbocycles. The Balaban J connectivity index is 3.25. The van der Waals surface area contributed by atoms with E-state index in [1.54, 1.807) is 26.3 Å². The minimum absolute atomic E-state index is 0.472. The third-order valence-electron chi connectivity index (χ3n) is 2.23. The van der Waals surface area contributed by atoms with Crippen molar-refractivity contribution in [3.63, 3.8) is 0 Å². The second-order valence-electron chi connectivity index (χ2n) is 3.30. The summed E-state index contributed by atoms with van der Waals surface area (Å²) in [6.45, 7) is 1.86. The highest BCUT2D eigenvalue weighted by atomic mass is 35.5. The summed E-state index contributed by atoms with van der Waals surface area (Å²) < 4.78 is 9.87. The standard InChI is InChI=1S/C11H14ClNO3/c1-7-5-8(12)6-9(10(7)15-3)13(2)11(14)16-4/h5-6H,1-4H3. The van der Waals surface area contributed by atoms with Crippen LogP contribution in [-0.2, 0) is 4.74 Å². The molecule has 4 nitrogen and oxygen atoms in total. The summed E-state index contributed by atoms with van der Waals surface area (Å²) in [4.78, 5) is 12.8. The molecule has 0 saturated carbocycles. The summed E-state index contributed by atoms with van der Waals surface area (Å²) in [5, 5.41) is 0.545. The van der Waals surface area contributed by atoms with E-state index in [0.717, 1.165) is 5.56 Å². The van der Waals surface area contributed by atoms with Gasteiger partial charge in [-0.15, -0.1) is 0 Å². The zero-order valence-corrected chi connectivity index (χ0v) is 10.5. The quantitative estimate of drug-likeness (QED) is 0.802. The van der Waals surface area contributed by atoms with Gasteiger partial charge in [-0.1, -0.05) is 11.6 Å². The van der Waals surface area contributed by atoms with Gasteiger partial charge >= 0.3 is 6.09 Å². The number of benzene rings is 1. The molecule has 0 aliphatic carbocycles. The SMILES string of the molecule is COC(=O)N(C)c1cc(Cl)cc(C)c1OC.